The Morgan fingerprint density at radius 1 is 1.44 bits per heavy atom. The van der Waals surface area contributed by atoms with Gasteiger partial charge in [0.05, 0.1) is 5.69 Å². The number of hydrogen-bond donors (Lipinski definition) is 2. The molecule has 82 valence electrons. The van der Waals surface area contributed by atoms with Gasteiger partial charge in [-0.1, -0.05) is 6.07 Å². The number of carboxylic acids is 1. The van der Waals surface area contributed by atoms with E-state index in [-0.39, 0.29) is 17.0 Å². The zero-order valence-electron chi connectivity index (χ0n) is 8.49. The van der Waals surface area contributed by atoms with Gasteiger partial charge in [0.25, 0.3) is 0 Å². The molecule has 0 aliphatic rings. The highest BCUT2D eigenvalue weighted by molar-refractivity contribution is 5.86. The van der Waals surface area contributed by atoms with E-state index in [1.807, 2.05) is 0 Å². The summed E-state index contributed by atoms with van der Waals surface area (Å²) in [5.74, 6) is -1.53. The summed E-state index contributed by atoms with van der Waals surface area (Å²) in [6.45, 7) is 1.78. The minimum absolute atomic E-state index is 0.0602. The maximum Gasteiger partial charge on any atom is 0.353 e. The molecule has 4 nitrogen and oxygen atoms in total. The predicted molar refractivity (Wildman–Crippen MR) is 55.7 cm³/mol. The monoisotopic (exact) mass is 220 g/mol. The third kappa shape index (κ3) is 1.79. The summed E-state index contributed by atoms with van der Waals surface area (Å²) in [7, 11) is 0. The number of aromatic carboxylic acids is 1. The quantitative estimate of drug-likeness (QED) is 0.815. The molecule has 2 rings (SSSR count). The highest BCUT2D eigenvalue weighted by Gasteiger charge is 2.12. The first-order chi connectivity index (χ1) is 7.58. The molecule has 0 amide bonds. The molecule has 0 fully saturated rings. The Kier molecular flexibility index (Phi) is 2.44. The number of halogens is 1. The van der Waals surface area contributed by atoms with Crippen LogP contribution in [0.2, 0.25) is 0 Å². The molecule has 5 heteroatoms. The van der Waals surface area contributed by atoms with Crippen molar-refractivity contribution in [2.75, 3.05) is 0 Å². The molecule has 0 spiro atoms. The van der Waals surface area contributed by atoms with Crippen molar-refractivity contribution in [3.63, 3.8) is 0 Å². The fourth-order valence-corrected chi connectivity index (χ4v) is 1.40. The number of rotatable bonds is 2. The zero-order valence-corrected chi connectivity index (χ0v) is 8.49. The first-order valence-electron chi connectivity index (χ1n) is 4.63. The Hall–Kier alpha value is -2.17. The third-order valence-corrected chi connectivity index (χ3v) is 2.21. The summed E-state index contributed by atoms with van der Waals surface area (Å²) < 4.78 is 13.5. The molecular weight excluding hydrogens is 211 g/mol. The highest BCUT2D eigenvalue weighted by atomic mass is 19.1. The van der Waals surface area contributed by atoms with Crippen molar-refractivity contribution in [3.05, 3.63) is 41.3 Å². The van der Waals surface area contributed by atoms with Crippen LogP contribution in [0.1, 0.15) is 16.1 Å². The van der Waals surface area contributed by atoms with E-state index in [0.29, 0.717) is 0 Å². The van der Waals surface area contributed by atoms with Crippen LogP contribution in [-0.4, -0.2) is 21.3 Å². The smallest absolute Gasteiger partial charge is 0.353 e. The van der Waals surface area contributed by atoms with E-state index in [1.165, 1.54) is 12.1 Å². The lowest BCUT2D eigenvalue weighted by Gasteiger charge is -1.99. The van der Waals surface area contributed by atoms with E-state index in [1.54, 1.807) is 19.1 Å². The van der Waals surface area contributed by atoms with Crippen LogP contribution in [0.4, 0.5) is 4.39 Å². The van der Waals surface area contributed by atoms with Gasteiger partial charge in [-0.05, 0) is 30.7 Å². The van der Waals surface area contributed by atoms with Crippen LogP contribution in [-0.2, 0) is 0 Å². The number of benzene rings is 1. The number of nitrogens with one attached hydrogen (secondary N) is 1. The Labute approximate surface area is 90.7 Å². The fourth-order valence-electron chi connectivity index (χ4n) is 1.40. The van der Waals surface area contributed by atoms with Crippen molar-refractivity contribution in [3.8, 4) is 11.3 Å². The molecule has 2 aromatic rings. The summed E-state index contributed by atoms with van der Waals surface area (Å²) >= 11 is 0. The summed E-state index contributed by atoms with van der Waals surface area (Å²) in [5.41, 5.74) is 1.31. The second kappa shape index (κ2) is 3.77. The van der Waals surface area contributed by atoms with Gasteiger partial charge in [0.1, 0.15) is 11.5 Å². The number of aromatic amines is 1. The number of hydrogen-bond acceptors (Lipinski definition) is 2. The summed E-state index contributed by atoms with van der Waals surface area (Å²) in [6, 6.07) is 6.00. The van der Waals surface area contributed by atoms with Crippen LogP contribution in [0.3, 0.4) is 0 Å². The van der Waals surface area contributed by atoms with Crippen LogP contribution in [0.15, 0.2) is 24.3 Å². The summed E-state index contributed by atoms with van der Waals surface area (Å²) in [4.78, 5) is 10.6. The van der Waals surface area contributed by atoms with Crippen LogP contribution < -0.4 is 0 Å². The second-order valence-corrected chi connectivity index (χ2v) is 3.46. The molecule has 1 aromatic heterocycles. The van der Waals surface area contributed by atoms with Gasteiger partial charge in [-0.25, -0.2) is 9.18 Å². The molecule has 2 N–H and O–H groups in total. The lowest BCUT2D eigenvalue weighted by atomic mass is 10.1. The predicted octanol–water partition coefficient (Wildman–Crippen LogP) is 2.22. The van der Waals surface area contributed by atoms with E-state index < -0.39 is 11.8 Å². The molecule has 0 unspecified atom stereocenters. The van der Waals surface area contributed by atoms with Crippen LogP contribution in [0, 0.1) is 12.7 Å². The number of aryl methyl sites for hydroxylation is 1. The maximum absolute atomic E-state index is 13.5. The Bertz CT molecular complexity index is 549. The van der Waals surface area contributed by atoms with Gasteiger partial charge in [0.15, 0.2) is 0 Å². The number of carbonyl (C=O) groups is 1. The van der Waals surface area contributed by atoms with Crippen molar-refractivity contribution >= 4 is 5.97 Å². The largest absolute Gasteiger partial charge is 0.477 e. The van der Waals surface area contributed by atoms with Crippen molar-refractivity contribution in [1.29, 1.82) is 0 Å². The van der Waals surface area contributed by atoms with Gasteiger partial charge in [-0.2, -0.15) is 5.10 Å². The average Bonchev–Trinajstić information content (AvgIpc) is 2.66. The van der Waals surface area contributed by atoms with Gasteiger partial charge in [-0.15, -0.1) is 0 Å². The minimum Gasteiger partial charge on any atom is -0.477 e. The van der Waals surface area contributed by atoms with Gasteiger partial charge < -0.3 is 5.11 Å². The van der Waals surface area contributed by atoms with Crippen LogP contribution in [0.5, 0.6) is 0 Å². The van der Waals surface area contributed by atoms with Gasteiger partial charge >= 0.3 is 5.97 Å². The van der Waals surface area contributed by atoms with E-state index in [9.17, 15) is 9.18 Å². The van der Waals surface area contributed by atoms with Crippen molar-refractivity contribution < 1.29 is 14.3 Å². The number of H-pyrrole nitrogens is 1. The van der Waals surface area contributed by atoms with Crippen molar-refractivity contribution in [2.45, 2.75) is 6.92 Å². The molecular formula is C11H9FN2O2. The van der Waals surface area contributed by atoms with E-state index in [0.717, 1.165) is 5.56 Å². The average molecular weight is 220 g/mol. The minimum atomic E-state index is -1.12. The number of nitrogens with zero attached hydrogens (tertiary/aromatic N) is 1. The van der Waals surface area contributed by atoms with Crippen LogP contribution in [0.25, 0.3) is 11.3 Å². The summed E-state index contributed by atoms with van der Waals surface area (Å²) in [6.07, 6.45) is 0. The lowest BCUT2D eigenvalue weighted by molar-refractivity contribution is 0.0690. The number of aromatic nitrogens is 2. The number of carboxylic acid groups (broad SMARTS) is 1. The Morgan fingerprint density at radius 2 is 2.19 bits per heavy atom. The molecule has 0 radical (unpaired) electrons. The maximum atomic E-state index is 13.5. The first kappa shape index (κ1) is 10.4. The molecule has 0 saturated heterocycles. The van der Waals surface area contributed by atoms with Crippen molar-refractivity contribution in [1.82, 2.24) is 10.2 Å². The fraction of sp³-hybridized carbons (Fsp3) is 0.0909. The Morgan fingerprint density at radius 3 is 2.75 bits per heavy atom. The molecule has 0 saturated carbocycles. The topological polar surface area (TPSA) is 66.0 Å². The van der Waals surface area contributed by atoms with E-state index in [4.69, 9.17) is 5.11 Å². The second-order valence-electron chi connectivity index (χ2n) is 3.46. The molecule has 16 heavy (non-hydrogen) atoms. The highest BCUT2D eigenvalue weighted by Crippen LogP contribution is 2.22. The SMILES string of the molecule is Cc1ccc(-c2cc(C(=O)O)[nH]n2)c(F)c1. The van der Waals surface area contributed by atoms with E-state index in [2.05, 4.69) is 10.2 Å². The molecule has 0 aliphatic carbocycles. The van der Waals surface area contributed by atoms with Gasteiger partial charge in [-0.3, -0.25) is 5.10 Å². The van der Waals surface area contributed by atoms with Gasteiger partial charge in [0.2, 0.25) is 0 Å². The van der Waals surface area contributed by atoms with Crippen LogP contribution >= 0.6 is 0 Å². The van der Waals surface area contributed by atoms with E-state index >= 15 is 0 Å². The standard InChI is InChI=1S/C11H9FN2O2/c1-6-2-3-7(8(12)4-6)9-5-10(11(15)16)14-13-9/h2-5H,1H3,(H,13,14)(H,15,16). The summed E-state index contributed by atoms with van der Waals surface area (Å²) in [5, 5.41) is 14.8. The normalized spacial score (nSPS) is 10.4. The lowest BCUT2D eigenvalue weighted by Crippen LogP contribution is -1.95. The molecule has 1 aromatic carbocycles. The third-order valence-electron chi connectivity index (χ3n) is 2.21. The van der Waals surface area contributed by atoms with Gasteiger partial charge in [0, 0.05) is 5.56 Å². The zero-order chi connectivity index (χ0) is 11.7. The Balaban J connectivity index is 2.46. The van der Waals surface area contributed by atoms with Crippen molar-refractivity contribution in [2.24, 2.45) is 0 Å². The molecule has 0 aliphatic heterocycles. The first-order valence-corrected chi connectivity index (χ1v) is 4.63. The molecule has 0 atom stereocenters. The molecule has 0 bridgehead atoms. The molecule has 1 heterocycles.